The summed E-state index contributed by atoms with van der Waals surface area (Å²) in [5, 5.41) is 11.5. The Labute approximate surface area is 183 Å². The van der Waals surface area contributed by atoms with E-state index in [0.29, 0.717) is 34.8 Å². The Morgan fingerprint density at radius 3 is 2.87 bits per heavy atom. The summed E-state index contributed by atoms with van der Waals surface area (Å²) in [5.41, 5.74) is 1.70. The van der Waals surface area contributed by atoms with Gasteiger partial charge in [-0.1, -0.05) is 35.9 Å². The number of fused-ring (bicyclic) bond motifs is 2. The molecule has 4 heterocycles. The van der Waals surface area contributed by atoms with Crippen molar-refractivity contribution in [2.24, 2.45) is 0 Å². The standard InChI is InChI=1S/C23H19ClN4O3/c24-17-11-20-19(29-13-30-20)10-15(17)12-28-9-3-6-18(28)22-26-27-23(31-22)21-16-5-2-1-4-14(16)7-8-25-21/h1-2,4-5,7-8,10-11,18H,3,6,9,12-13H2. The van der Waals surface area contributed by atoms with Crippen LogP contribution in [0.4, 0.5) is 0 Å². The lowest BCUT2D eigenvalue weighted by Gasteiger charge is -2.22. The molecule has 0 N–H and O–H groups in total. The lowest BCUT2D eigenvalue weighted by Crippen LogP contribution is -2.23. The maximum Gasteiger partial charge on any atom is 0.266 e. The number of halogens is 1. The first-order valence-electron chi connectivity index (χ1n) is 10.3. The van der Waals surface area contributed by atoms with Gasteiger partial charge in [-0.2, -0.15) is 0 Å². The summed E-state index contributed by atoms with van der Waals surface area (Å²) in [6.45, 7) is 1.83. The largest absolute Gasteiger partial charge is 0.454 e. The normalized spacial score (nSPS) is 18.2. The summed E-state index contributed by atoms with van der Waals surface area (Å²) in [5.74, 6) is 2.48. The molecule has 1 saturated heterocycles. The quantitative estimate of drug-likeness (QED) is 0.447. The minimum Gasteiger partial charge on any atom is -0.454 e. The molecule has 2 aliphatic heterocycles. The first-order chi connectivity index (χ1) is 15.3. The van der Waals surface area contributed by atoms with Crippen molar-refractivity contribution in [3.8, 4) is 23.1 Å². The number of nitrogens with zero attached hydrogens (tertiary/aromatic N) is 4. The van der Waals surface area contributed by atoms with E-state index in [4.69, 9.17) is 25.5 Å². The molecule has 2 aromatic carbocycles. The topological polar surface area (TPSA) is 73.5 Å². The summed E-state index contributed by atoms with van der Waals surface area (Å²) < 4.78 is 17.1. The molecule has 0 saturated carbocycles. The van der Waals surface area contributed by atoms with Crippen LogP contribution in [0.25, 0.3) is 22.4 Å². The van der Waals surface area contributed by atoms with Gasteiger partial charge in [0.15, 0.2) is 11.5 Å². The molecule has 0 spiro atoms. The van der Waals surface area contributed by atoms with Gasteiger partial charge in [0.05, 0.1) is 6.04 Å². The Hall–Kier alpha value is -3.16. The molecule has 31 heavy (non-hydrogen) atoms. The summed E-state index contributed by atoms with van der Waals surface area (Å²) in [6, 6.07) is 13.8. The fraction of sp³-hybridized carbons (Fsp3) is 0.261. The molecule has 7 nitrogen and oxygen atoms in total. The fourth-order valence-electron chi connectivity index (χ4n) is 4.35. The van der Waals surface area contributed by atoms with Crippen LogP contribution in [-0.4, -0.2) is 33.4 Å². The van der Waals surface area contributed by atoms with Crippen LogP contribution in [0.1, 0.15) is 30.3 Å². The predicted molar refractivity (Wildman–Crippen MR) is 115 cm³/mol. The highest BCUT2D eigenvalue weighted by Crippen LogP contribution is 2.40. The van der Waals surface area contributed by atoms with Crippen molar-refractivity contribution < 1.29 is 13.9 Å². The van der Waals surface area contributed by atoms with Gasteiger partial charge >= 0.3 is 0 Å². The van der Waals surface area contributed by atoms with Gasteiger partial charge in [0.25, 0.3) is 5.89 Å². The van der Waals surface area contributed by atoms with Crippen LogP contribution in [0.15, 0.2) is 53.1 Å². The number of pyridine rings is 1. The highest BCUT2D eigenvalue weighted by atomic mass is 35.5. The molecule has 156 valence electrons. The summed E-state index contributed by atoms with van der Waals surface area (Å²) in [7, 11) is 0. The van der Waals surface area contributed by atoms with Crippen molar-refractivity contribution >= 4 is 22.4 Å². The summed E-state index contributed by atoms with van der Waals surface area (Å²) >= 11 is 6.50. The SMILES string of the molecule is Clc1cc2c(cc1CN1CCCC1c1nnc(-c3nccc4ccccc34)o1)OCO2. The number of likely N-dealkylation sites (tertiary alicyclic amines) is 1. The van der Waals surface area contributed by atoms with Gasteiger partial charge in [0, 0.05) is 29.2 Å². The molecule has 4 aromatic rings. The van der Waals surface area contributed by atoms with Gasteiger partial charge in [0.1, 0.15) is 5.69 Å². The van der Waals surface area contributed by atoms with Crippen molar-refractivity contribution in [2.75, 3.05) is 13.3 Å². The fourth-order valence-corrected chi connectivity index (χ4v) is 4.56. The molecule has 1 atom stereocenters. The molecule has 2 aromatic heterocycles. The minimum absolute atomic E-state index is 0.0396. The maximum absolute atomic E-state index is 6.50. The Morgan fingerprint density at radius 1 is 1.06 bits per heavy atom. The van der Waals surface area contributed by atoms with Crippen molar-refractivity contribution in [1.29, 1.82) is 0 Å². The van der Waals surface area contributed by atoms with Crippen LogP contribution in [0, 0.1) is 0 Å². The smallest absolute Gasteiger partial charge is 0.266 e. The van der Waals surface area contributed by atoms with Gasteiger partial charge in [0.2, 0.25) is 12.7 Å². The summed E-state index contributed by atoms with van der Waals surface area (Å²) in [6.07, 6.45) is 3.77. The second-order valence-electron chi connectivity index (χ2n) is 7.75. The van der Waals surface area contributed by atoms with E-state index in [9.17, 15) is 0 Å². The van der Waals surface area contributed by atoms with E-state index in [1.807, 2.05) is 42.5 Å². The van der Waals surface area contributed by atoms with Crippen LogP contribution in [0.3, 0.4) is 0 Å². The van der Waals surface area contributed by atoms with Gasteiger partial charge < -0.3 is 13.9 Å². The van der Waals surface area contributed by atoms with Crippen LogP contribution in [0.2, 0.25) is 5.02 Å². The third-order valence-corrected chi connectivity index (χ3v) is 6.23. The van der Waals surface area contributed by atoms with E-state index in [-0.39, 0.29) is 12.8 Å². The molecule has 8 heteroatoms. The molecule has 6 rings (SSSR count). The highest BCUT2D eigenvalue weighted by Gasteiger charge is 2.32. The monoisotopic (exact) mass is 434 g/mol. The zero-order valence-electron chi connectivity index (χ0n) is 16.6. The van der Waals surface area contributed by atoms with Crippen LogP contribution < -0.4 is 9.47 Å². The molecule has 2 aliphatic rings. The van der Waals surface area contributed by atoms with Gasteiger partial charge in [-0.05, 0) is 42.5 Å². The Kier molecular flexibility index (Phi) is 4.51. The summed E-state index contributed by atoms with van der Waals surface area (Å²) in [4.78, 5) is 6.81. The van der Waals surface area contributed by atoms with Crippen molar-refractivity contribution in [1.82, 2.24) is 20.1 Å². The zero-order valence-corrected chi connectivity index (χ0v) is 17.4. The third kappa shape index (κ3) is 3.30. The van der Waals surface area contributed by atoms with Crippen molar-refractivity contribution in [3.05, 3.63) is 65.1 Å². The molecular formula is C23H19ClN4O3. The maximum atomic E-state index is 6.50. The lowest BCUT2D eigenvalue weighted by atomic mass is 10.1. The third-order valence-electron chi connectivity index (χ3n) is 5.88. The molecule has 0 bridgehead atoms. The molecular weight excluding hydrogens is 416 g/mol. The van der Waals surface area contributed by atoms with E-state index in [1.165, 1.54) is 0 Å². The number of hydrogen-bond acceptors (Lipinski definition) is 7. The Bertz CT molecular complexity index is 1270. The Morgan fingerprint density at radius 2 is 1.94 bits per heavy atom. The molecule has 0 radical (unpaired) electrons. The second-order valence-corrected chi connectivity index (χ2v) is 8.16. The minimum atomic E-state index is 0.0396. The number of rotatable bonds is 4. The van der Waals surface area contributed by atoms with E-state index in [0.717, 1.165) is 41.5 Å². The van der Waals surface area contributed by atoms with Gasteiger partial charge in [-0.15, -0.1) is 10.2 Å². The molecule has 0 amide bonds. The van der Waals surface area contributed by atoms with E-state index in [2.05, 4.69) is 20.1 Å². The first kappa shape index (κ1) is 18.6. The van der Waals surface area contributed by atoms with Crippen molar-refractivity contribution in [2.45, 2.75) is 25.4 Å². The first-order valence-corrected chi connectivity index (χ1v) is 10.6. The highest BCUT2D eigenvalue weighted by molar-refractivity contribution is 6.31. The van der Waals surface area contributed by atoms with E-state index < -0.39 is 0 Å². The number of hydrogen-bond donors (Lipinski definition) is 0. The van der Waals surface area contributed by atoms with Crippen LogP contribution in [0.5, 0.6) is 11.5 Å². The molecule has 1 fully saturated rings. The average molecular weight is 435 g/mol. The zero-order chi connectivity index (χ0) is 20.8. The number of aromatic nitrogens is 3. The van der Waals surface area contributed by atoms with Crippen LogP contribution >= 0.6 is 11.6 Å². The lowest BCUT2D eigenvalue weighted by molar-refractivity contribution is 0.174. The van der Waals surface area contributed by atoms with Crippen LogP contribution in [-0.2, 0) is 6.54 Å². The number of ether oxygens (including phenoxy) is 2. The number of benzene rings is 2. The van der Waals surface area contributed by atoms with Gasteiger partial charge in [-0.3, -0.25) is 9.88 Å². The average Bonchev–Trinajstić information content (AvgIpc) is 3.54. The molecule has 0 aliphatic carbocycles. The Balaban J connectivity index is 1.29. The molecule has 1 unspecified atom stereocenters. The van der Waals surface area contributed by atoms with Crippen molar-refractivity contribution in [3.63, 3.8) is 0 Å². The van der Waals surface area contributed by atoms with E-state index >= 15 is 0 Å². The van der Waals surface area contributed by atoms with E-state index in [1.54, 1.807) is 6.20 Å². The predicted octanol–water partition coefficient (Wildman–Crippen LogP) is 5.00. The second kappa shape index (κ2) is 7.51. The van der Waals surface area contributed by atoms with Gasteiger partial charge in [-0.25, -0.2) is 0 Å².